The van der Waals surface area contributed by atoms with Gasteiger partial charge in [0.05, 0.1) is 33.4 Å². The van der Waals surface area contributed by atoms with Crippen molar-refractivity contribution in [1.29, 1.82) is 0 Å². The summed E-state index contributed by atoms with van der Waals surface area (Å²) in [6, 6.07) is 15.9. The Hall–Kier alpha value is -2.55. The number of carbonyl (C=O) groups excluding carboxylic acids is 1. The highest BCUT2D eigenvalue weighted by Crippen LogP contribution is 2.32. The Bertz CT molecular complexity index is 1220. The predicted octanol–water partition coefficient (Wildman–Crippen LogP) is 5.54. The molecule has 0 N–H and O–H groups in total. The van der Waals surface area contributed by atoms with Gasteiger partial charge in [-0.15, -0.1) is 0 Å². The highest BCUT2D eigenvalue weighted by molar-refractivity contribution is 9.10. The number of fused-ring (bicyclic) bond motifs is 1. The summed E-state index contributed by atoms with van der Waals surface area (Å²) in [6.45, 7) is 9.44. The second kappa shape index (κ2) is 9.94. The molecule has 0 spiro atoms. The number of carbonyl (C=O) groups is 1. The van der Waals surface area contributed by atoms with Gasteiger partial charge in [-0.3, -0.25) is 9.69 Å². The normalized spacial score (nSPS) is 11.4. The van der Waals surface area contributed by atoms with Crippen molar-refractivity contribution < 1.29 is 4.79 Å². The number of hydrogen-bond acceptors (Lipinski definition) is 5. The predicted molar refractivity (Wildman–Crippen MR) is 135 cm³/mol. The first kappa shape index (κ1) is 22.6. The number of aromatic nitrogens is 3. The molecule has 0 unspecified atom stereocenters. The quantitative estimate of drug-likeness (QED) is 0.311. The standard InChI is InChI=1S/C24H26BrN5OS/c1-4-28(5-2)13-14-29(24-27-21-12-11-18(25)15-22(21)32-24)23(31)20-16-26-30(17(20)3)19-9-7-6-8-10-19/h6-12,15-16H,4-5,13-14H2,1-3H3. The van der Waals surface area contributed by atoms with Gasteiger partial charge in [-0.05, 0) is 50.3 Å². The number of anilines is 1. The number of likely N-dealkylation sites (N-methyl/N-ethyl adjacent to an activating group) is 1. The largest absolute Gasteiger partial charge is 0.302 e. The molecule has 0 fully saturated rings. The molecule has 0 bridgehead atoms. The van der Waals surface area contributed by atoms with Gasteiger partial charge in [0.2, 0.25) is 0 Å². The molecule has 2 aromatic heterocycles. The second-order valence-electron chi connectivity index (χ2n) is 7.48. The zero-order valence-electron chi connectivity index (χ0n) is 18.5. The lowest BCUT2D eigenvalue weighted by Crippen LogP contribution is -2.39. The van der Waals surface area contributed by atoms with Gasteiger partial charge in [-0.1, -0.05) is 59.3 Å². The molecule has 0 aliphatic heterocycles. The third-order valence-electron chi connectivity index (χ3n) is 5.59. The maximum atomic E-state index is 13.8. The summed E-state index contributed by atoms with van der Waals surface area (Å²) in [5.74, 6) is -0.0741. The van der Waals surface area contributed by atoms with Gasteiger partial charge in [0.1, 0.15) is 0 Å². The van der Waals surface area contributed by atoms with Crippen molar-refractivity contribution in [1.82, 2.24) is 19.7 Å². The molecule has 2 aromatic carbocycles. The van der Waals surface area contributed by atoms with E-state index >= 15 is 0 Å². The third kappa shape index (κ3) is 4.62. The maximum Gasteiger partial charge on any atom is 0.263 e. The van der Waals surface area contributed by atoms with E-state index in [1.807, 2.05) is 60.1 Å². The molecule has 0 saturated carbocycles. The minimum absolute atomic E-state index is 0.0741. The molecule has 0 aliphatic rings. The Morgan fingerprint density at radius 3 is 2.56 bits per heavy atom. The van der Waals surface area contributed by atoms with E-state index in [1.165, 1.54) is 11.3 Å². The van der Waals surface area contributed by atoms with E-state index in [0.29, 0.717) is 17.2 Å². The van der Waals surface area contributed by atoms with Gasteiger partial charge in [0, 0.05) is 17.6 Å². The van der Waals surface area contributed by atoms with E-state index in [0.717, 1.165) is 45.7 Å². The lowest BCUT2D eigenvalue weighted by molar-refractivity contribution is 0.0983. The van der Waals surface area contributed by atoms with Crippen LogP contribution in [-0.4, -0.2) is 51.8 Å². The van der Waals surface area contributed by atoms with E-state index in [2.05, 4.69) is 39.8 Å². The molecule has 2 heterocycles. The average Bonchev–Trinajstić information content (AvgIpc) is 3.40. The van der Waals surface area contributed by atoms with Crippen molar-refractivity contribution in [2.24, 2.45) is 0 Å². The zero-order chi connectivity index (χ0) is 22.7. The number of thiazole rings is 1. The van der Waals surface area contributed by atoms with Crippen molar-refractivity contribution in [2.45, 2.75) is 20.8 Å². The smallest absolute Gasteiger partial charge is 0.263 e. The fraction of sp³-hybridized carbons (Fsp3) is 0.292. The van der Waals surface area contributed by atoms with Crippen LogP contribution in [0.4, 0.5) is 5.13 Å². The molecule has 1 amide bonds. The number of benzene rings is 2. The maximum absolute atomic E-state index is 13.8. The highest BCUT2D eigenvalue weighted by atomic mass is 79.9. The van der Waals surface area contributed by atoms with Crippen LogP contribution in [0.1, 0.15) is 29.9 Å². The van der Waals surface area contributed by atoms with Gasteiger partial charge in [0.15, 0.2) is 5.13 Å². The van der Waals surface area contributed by atoms with E-state index in [9.17, 15) is 4.79 Å². The first-order valence-electron chi connectivity index (χ1n) is 10.7. The zero-order valence-corrected chi connectivity index (χ0v) is 20.9. The van der Waals surface area contributed by atoms with Crippen molar-refractivity contribution in [3.63, 3.8) is 0 Å². The van der Waals surface area contributed by atoms with Gasteiger partial charge in [0.25, 0.3) is 5.91 Å². The number of hydrogen-bond donors (Lipinski definition) is 0. The number of halogens is 1. The molecule has 6 nitrogen and oxygen atoms in total. The molecule has 8 heteroatoms. The van der Waals surface area contributed by atoms with Crippen LogP contribution in [-0.2, 0) is 0 Å². The summed E-state index contributed by atoms with van der Waals surface area (Å²) >= 11 is 5.06. The molecule has 4 aromatic rings. The van der Waals surface area contributed by atoms with Crippen LogP contribution < -0.4 is 4.90 Å². The van der Waals surface area contributed by atoms with E-state index in [-0.39, 0.29) is 5.91 Å². The minimum Gasteiger partial charge on any atom is -0.302 e. The summed E-state index contributed by atoms with van der Waals surface area (Å²) in [5, 5.41) is 5.21. The van der Waals surface area contributed by atoms with Crippen molar-refractivity contribution in [2.75, 3.05) is 31.1 Å². The fourth-order valence-electron chi connectivity index (χ4n) is 3.66. The monoisotopic (exact) mass is 511 g/mol. The van der Waals surface area contributed by atoms with Crippen LogP contribution in [0.25, 0.3) is 15.9 Å². The van der Waals surface area contributed by atoms with Crippen LogP contribution in [0, 0.1) is 6.92 Å². The Morgan fingerprint density at radius 2 is 1.84 bits per heavy atom. The van der Waals surface area contributed by atoms with Gasteiger partial charge in [-0.2, -0.15) is 5.10 Å². The van der Waals surface area contributed by atoms with Crippen LogP contribution >= 0.6 is 27.3 Å². The molecular formula is C24H26BrN5OS. The third-order valence-corrected chi connectivity index (χ3v) is 7.12. The van der Waals surface area contributed by atoms with E-state index < -0.39 is 0 Å². The summed E-state index contributed by atoms with van der Waals surface area (Å²) < 4.78 is 3.86. The summed E-state index contributed by atoms with van der Waals surface area (Å²) in [5.41, 5.74) is 3.24. The Balaban J connectivity index is 1.70. The molecule has 0 aliphatic carbocycles. The molecular weight excluding hydrogens is 486 g/mol. The Labute approximate surface area is 200 Å². The average molecular weight is 512 g/mol. The molecule has 4 rings (SSSR count). The van der Waals surface area contributed by atoms with E-state index in [1.54, 1.807) is 11.1 Å². The number of rotatable bonds is 8. The highest BCUT2D eigenvalue weighted by Gasteiger charge is 2.25. The summed E-state index contributed by atoms with van der Waals surface area (Å²) in [7, 11) is 0. The number of nitrogens with zero attached hydrogens (tertiary/aromatic N) is 5. The van der Waals surface area contributed by atoms with Crippen LogP contribution in [0.2, 0.25) is 0 Å². The van der Waals surface area contributed by atoms with Gasteiger partial charge < -0.3 is 4.90 Å². The van der Waals surface area contributed by atoms with Gasteiger partial charge in [-0.25, -0.2) is 9.67 Å². The second-order valence-corrected chi connectivity index (χ2v) is 9.41. The Kier molecular flexibility index (Phi) is 7.03. The van der Waals surface area contributed by atoms with Crippen LogP contribution in [0.5, 0.6) is 0 Å². The molecule has 0 atom stereocenters. The molecule has 166 valence electrons. The Morgan fingerprint density at radius 1 is 1.09 bits per heavy atom. The van der Waals surface area contributed by atoms with Gasteiger partial charge >= 0.3 is 0 Å². The number of amides is 1. The first-order valence-corrected chi connectivity index (χ1v) is 12.3. The molecule has 0 saturated heterocycles. The lowest BCUT2D eigenvalue weighted by Gasteiger charge is -2.24. The van der Waals surface area contributed by atoms with Crippen molar-refractivity contribution >= 4 is 48.5 Å². The van der Waals surface area contributed by atoms with Crippen LogP contribution in [0.15, 0.2) is 59.2 Å². The molecule has 0 radical (unpaired) electrons. The van der Waals surface area contributed by atoms with Crippen LogP contribution in [0.3, 0.4) is 0 Å². The topological polar surface area (TPSA) is 54.3 Å². The fourth-order valence-corrected chi connectivity index (χ4v) is 5.20. The summed E-state index contributed by atoms with van der Waals surface area (Å²) in [4.78, 5) is 22.6. The first-order chi connectivity index (χ1) is 15.5. The number of para-hydroxylation sites is 1. The SMILES string of the molecule is CCN(CC)CCN(C(=O)c1cnn(-c2ccccc2)c1C)c1nc2ccc(Br)cc2s1. The summed E-state index contributed by atoms with van der Waals surface area (Å²) in [6.07, 6.45) is 1.67. The lowest BCUT2D eigenvalue weighted by atomic mass is 10.2. The van der Waals surface area contributed by atoms with E-state index in [4.69, 9.17) is 4.98 Å². The molecule has 32 heavy (non-hydrogen) atoms. The minimum atomic E-state index is -0.0741. The van der Waals surface area contributed by atoms with Crippen molar-refractivity contribution in [3.05, 3.63) is 70.5 Å². The van der Waals surface area contributed by atoms with Crippen molar-refractivity contribution in [3.8, 4) is 5.69 Å².